The molecule has 3 rings (SSSR count). The smallest absolute Gasteiger partial charge is 0.309 e. The SMILES string of the molecule is CCOC(=O)C1CCN(C(=O)CSc2ccc3c(c2)OCCCO3)CC1. The normalized spacial score (nSPS) is 17.5. The lowest BCUT2D eigenvalue weighted by molar-refractivity contribution is -0.151. The Hall–Kier alpha value is -1.89. The van der Waals surface area contributed by atoms with Crippen molar-refractivity contribution in [2.75, 3.05) is 38.7 Å². The maximum absolute atomic E-state index is 12.5. The van der Waals surface area contributed by atoms with Crippen LogP contribution in [0.5, 0.6) is 11.5 Å². The quantitative estimate of drug-likeness (QED) is 0.579. The Morgan fingerprint density at radius 2 is 1.92 bits per heavy atom. The fraction of sp³-hybridized carbons (Fsp3) is 0.579. The van der Waals surface area contributed by atoms with Gasteiger partial charge in [-0.05, 0) is 38.0 Å². The highest BCUT2D eigenvalue weighted by molar-refractivity contribution is 8.00. The van der Waals surface area contributed by atoms with Crippen LogP contribution in [-0.2, 0) is 14.3 Å². The van der Waals surface area contributed by atoms with E-state index < -0.39 is 0 Å². The molecule has 1 aromatic carbocycles. The number of hydrogen-bond acceptors (Lipinski definition) is 6. The Morgan fingerprint density at radius 3 is 2.65 bits per heavy atom. The van der Waals surface area contributed by atoms with Crippen molar-refractivity contribution in [1.82, 2.24) is 4.90 Å². The molecule has 26 heavy (non-hydrogen) atoms. The molecule has 0 spiro atoms. The number of nitrogens with zero attached hydrogens (tertiary/aromatic N) is 1. The minimum atomic E-state index is -0.138. The standard InChI is InChI=1S/C19H25NO5S/c1-2-23-19(22)14-6-8-20(9-7-14)18(21)13-26-15-4-5-16-17(12-15)25-11-3-10-24-16/h4-5,12,14H,2-3,6-11,13H2,1H3. The van der Waals surface area contributed by atoms with Crippen LogP contribution in [0.2, 0.25) is 0 Å². The monoisotopic (exact) mass is 379 g/mol. The highest BCUT2D eigenvalue weighted by Gasteiger charge is 2.28. The molecule has 2 aliphatic heterocycles. The first-order chi connectivity index (χ1) is 12.7. The molecule has 1 saturated heterocycles. The predicted octanol–water partition coefficient (Wildman–Crippen LogP) is 2.74. The highest BCUT2D eigenvalue weighted by Crippen LogP contribution is 2.34. The molecule has 0 N–H and O–H groups in total. The number of fused-ring (bicyclic) bond motifs is 1. The van der Waals surface area contributed by atoms with Crippen LogP contribution >= 0.6 is 11.8 Å². The van der Waals surface area contributed by atoms with Crippen molar-refractivity contribution in [3.05, 3.63) is 18.2 Å². The summed E-state index contributed by atoms with van der Waals surface area (Å²) >= 11 is 1.50. The van der Waals surface area contributed by atoms with Gasteiger partial charge in [-0.1, -0.05) is 0 Å². The Bertz CT molecular complexity index is 643. The number of hydrogen-bond donors (Lipinski definition) is 0. The number of ether oxygens (including phenoxy) is 3. The molecule has 0 radical (unpaired) electrons. The van der Waals surface area contributed by atoms with Gasteiger partial charge in [-0.3, -0.25) is 9.59 Å². The van der Waals surface area contributed by atoms with E-state index in [-0.39, 0.29) is 17.8 Å². The minimum Gasteiger partial charge on any atom is -0.490 e. The Morgan fingerprint density at radius 1 is 1.19 bits per heavy atom. The van der Waals surface area contributed by atoms with Crippen molar-refractivity contribution in [3.8, 4) is 11.5 Å². The average Bonchev–Trinajstić information content (AvgIpc) is 2.91. The number of esters is 1. The van der Waals surface area contributed by atoms with Gasteiger partial charge in [0.2, 0.25) is 5.91 Å². The number of rotatable bonds is 5. The van der Waals surface area contributed by atoms with Gasteiger partial charge in [0.25, 0.3) is 0 Å². The maximum Gasteiger partial charge on any atom is 0.309 e. The van der Waals surface area contributed by atoms with Crippen molar-refractivity contribution in [2.45, 2.75) is 31.1 Å². The third kappa shape index (κ3) is 4.84. The number of carbonyl (C=O) groups is 2. The number of likely N-dealkylation sites (tertiary alicyclic amines) is 1. The topological polar surface area (TPSA) is 65.1 Å². The maximum atomic E-state index is 12.5. The lowest BCUT2D eigenvalue weighted by atomic mass is 9.97. The molecule has 0 unspecified atom stereocenters. The van der Waals surface area contributed by atoms with Gasteiger partial charge in [0.15, 0.2) is 11.5 Å². The van der Waals surface area contributed by atoms with Gasteiger partial charge in [0.1, 0.15) is 0 Å². The number of amides is 1. The van der Waals surface area contributed by atoms with E-state index in [1.165, 1.54) is 11.8 Å². The molecule has 1 amide bonds. The molecule has 0 aliphatic carbocycles. The van der Waals surface area contributed by atoms with Gasteiger partial charge in [-0.25, -0.2) is 0 Å². The third-order valence-corrected chi connectivity index (χ3v) is 5.53. The summed E-state index contributed by atoms with van der Waals surface area (Å²) < 4.78 is 16.4. The van der Waals surface area contributed by atoms with E-state index in [1.807, 2.05) is 30.0 Å². The van der Waals surface area contributed by atoms with E-state index in [9.17, 15) is 9.59 Å². The minimum absolute atomic E-state index is 0.0756. The first kappa shape index (κ1) is 18.9. The first-order valence-corrected chi connectivity index (χ1v) is 10.1. The van der Waals surface area contributed by atoms with Gasteiger partial charge in [-0.15, -0.1) is 11.8 Å². The van der Waals surface area contributed by atoms with Crippen LogP contribution in [0.25, 0.3) is 0 Å². The van der Waals surface area contributed by atoms with Crippen LogP contribution in [-0.4, -0.2) is 55.4 Å². The summed E-state index contributed by atoms with van der Waals surface area (Å²) in [5.74, 6) is 1.78. The van der Waals surface area contributed by atoms with E-state index in [0.717, 1.165) is 22.8 Å². The second-order valence-corrected chi connectivity index (χ2v) is 7.40. The van der Waals surface area contributed by atoms with Crippen molar-refractivity contribution < 1.29 is 23.8 Å². The van der Waals surface area contributed by atoms with Gasteiger partial charge >= 0.3 is 5.97 Å². The van der Waals surface area contributed by atoms with Crippen LogP contribution in [0, 0.1) is 5.92 Å². The fourth-order valence-electron chi connectivity index (χ4n) is 3.09. The van der Waals surface area contributed by atoms with Crippen molar-refractivity contribution in [3.63, 3.8) is 0 Å². The zero-order valence-corrected chi connectivity index (χ0v) is 15.9. The number of benzene rings is 1. The molecular weight excluding hydrogens is 354 g/mol. The van der Waals surface area contributed by atoms with Crippen LogP contribution in [0.3, 0.4) is 0 Å². The second-order valence-electron chi connectivity index (χ2n) is 6.35. The summed E-state index contributed by atoms with van der Waals surface area (Å²) in [6.45, 7) is 4.76. The molecule has 6 nitrogen and oxygen atoms in total. The van der Waals surface area contributed by atoms with Crippen LogP contribution < -0.4 is 9.47 Å². The Kier molecular flexibility index (Phi) is 6.66. The molecular formula is C19H25NO5S. The van der Waals surface area contributed by atoms with Crippen LogP contribution in [0.15, 0.2) is 23.1 Å². The van der Waals surface area contributed by atoms with Gasteiger partial charge in [-0.2, -0.15) is 0 Å². The summed E-state index contributed by atoms with van der Waals surface area (Å²) in [7, 11) is 0. The predicted molar refractivity (Wildman–Crippen MR) is 98.7 cm³/mol. The summed E-state index contributed by atoms with van der Waals surface area (Å²) in [5.41, 5.74) is 0. The highest BCUT2D eigenvalue weighted by atomic mass is 32.2. The molecule has 1 aromatic rings. The lowest BCUT2D eigenvalue weighted by Crippen LogP contribution is -2.41. The zero-order valence-electron chi connectivity index (χ0n) is 15.1. The molecule has 0 saturated carbocycles. The lowest BCUT2D eigenvalue weighted by Gasteiger charge is -2.30. The summed E-state index contributed by atoms with van der Waals surface area (Å²) in [6, 6.07) is 5.79. The van der Waals surface area contributed by atoms with Crippen LogP contribution in [0.4, 0.5) is 0 Å². The van der Waals surface area contributed by atoms with E-state index in [2.05, 4.69) is 0 Å². The summed E-state index contributed by atoms with van der Waals surface area (Å²) in [6.07, 6.45) is 2.23. The molecule has 2 aliphatic rings. The fourth-order valence-corrected chi connectivity index (χ4v) is 3.92. The summed E-state index contributed by atoms with van der Waals surface area (Å²) in [5, 5.41) is 0. The molecule has 2 heterocycles. The molecule has 0 aromatic heterocycles. The van der Waals surface area contributed by atoms with Gasteiger partial charge in [0, 0.05) is 24.4 Å². The number of piperidine rings is 1. The van der Waals surface area contributed by atoms with E-state index in [0.29, 0.717) is 51.5 Å². The Labute approximate surface area is 158 Å². The zero-order chi connectivity index (χ0) is 18.4. The van der Waals surface area contributed by atoms with E-state index >= 15 is 0 Å². The molecule has 142 valence electrons. The van der Waals surface area contributed by atoms with Gasteiger partial charge < -0.3 is 19.1 Å². The first-order valence-electron chi connectivity index (χ1n) is 9.14. The van der Waals surface area contributed by atoms with Crippen molar-refractivity contribution >= 4 is 23.6 Å². The molecule has 1 fully saturated rings. The molecule has 0 atom stereocenters. The van der Waals surface area contributed by atoms with Crippen LogP contribution in [0.1, 0.15) is 26.2 Å². The average molecular weight is 379 g/mol. The molecule has 0 bridgehead atoms. The third-order valence-electron chi connectivity index (χ3n) is 4.55. The largest absolute Gasteiger partial charge is 0.490 e. The summed E-state index contributed by atoms with van der Waals surface area (Å²) in [4.78, 5) is 27.1. The Balaban J connectivity index is 1.47. The van der Waals surface area contributed by atoms with E-state index in [4.69, 9.17) is 14.2 Å². The van der Waals surface area contributed by atoms with Crippen molar-refractivity contribution in [1.29, 1.82) is 0 Å². The number of thioether (sulfide) groups is 1. The van der Waals surface area contributed by atoms with E-state index in [1.54, 1.807) is 0 Å². The van der Waals surface area contributed by atoms with Crippen molar-refractivity contribution in [2.24, 2.45) is 5.92 Å². The molecule has 7 heteroatoms. The number of carbonyl (C=O) groups excluding carboxylic acids is 2. The second kappa shape index (κ2) is 9.16. The van der Waals surface area contributed by atoms with Gasteiger partial charge in [0.05, 0.1) is 31.5 Å².